The Labute approximate surface area is 131 Å². The molecule has 0 saturated carbocycles. The number of aromatic nitrogens is 2. The van der Waals surface area contributed by atoms with Gasteiger partial charge in [-0.25, -0.2) is 0 Å². The fourth-order valence-corrected chi connectivity index (χ4v) is 1.75. The van der Waals surface area contributed by atoms with Gasteiger partial charge in [0, 0.05) is 6.54 Å². The number of hydrogen-bond donors (Lipinski definition) is 2. The van der Waals surface area contributed by atoms with Crippen LogP contribution >= 0.6 is 24.0 Å². The third-order valence-corrected chi connectivity index (χ3v) is 2.41. The van der Waals surface area contributed by atoms with Crippen molar-refractivity contribution >= 4 is 35.9 Å². The van der Waals surface area contributed by atoms with Gasteiger partial charge in [-0.1, -0.05) is 0 Å². The number of carbonyl (C=O) groups is 1. The minimum atomic E-state index is -5.17. The number of carbonyl (C=O) groups excluding carboxylic acids is 1. The summed E-state index contributed by atoms with van der Waals surface area (Å²) in [7, 11) is 0. The van der Waals surface area contributed by atoms with Gasteiger partial charge in [-0.3, -0.25) is 9.48 Å². The van der Waals surface area contributed by atoms with Crippen molar-refractivity contribution in [3.63, 3.8) is 0 Å². The second-order valence-electron chi connectivity index (χ2n) is 3.73. The molecule has 0 aliphatic heterocycles. The molecule has 1 rings (SSSR count). The smallest absolute Gasteiger partial charge is 0.370 e. The number of nitrogens with two attached hydrogens (primary N) is 2. The first-order valence-electron chi connectivity index (χ1n) is 5.28. The lowest BCUT2D eigenvalue weighted by Gasteiger charge is -2.11. The summed E-state index contributed by atoms with van der Waals surface area (Å²) in [6.45, 7) is 0.865. The van der Waals surface area contributed by atoms with Crippen molar-refractivity contribution in [2.24, 2.45) is 16.5 Å². The van der Waals surface area contributed by atoms with E-state index in [-0.39, 0.29) is 23.6 Å². The fourth-order valence-electron chi connectivity index (χ4n) is 1.55. The van der Waals surface area contributed by atoms with Gasteiger partial charge in [0.1, 0.15) is 11.3 Å². The van der Waals surface area contributed by atoms with E-state index in [1.165, 1.54) is 6.92 Å². The first kappa shape index (κ1) is 20.4. The van der Waals surface area contributed by atoms with Gasteiger partial charge in [0.05, 0.1) is 0 Å². The molecule has 0 spiro atoms. The van der Waals surface area contributed by atoms with Gasteiger partial charge in [-0.2, -0.15) is 32.0 Å². The van der Waals surface area contributed by atoms with Gasteiger partial charge >= 0.3 is 11.6 Å². The molecule has 22 heavy (non-hydrogen) atoms. The van der Waals surface area contributed by atoms with E-state index < -0.39 is 40.4 Å². The quantitative estimate of drug-likeness (QED) is 0.368. The average Bonchev–Trinajstić information content (AvgIpc) is 2.66. The van der Waals surface area contributed by atoms with E-state index in [4.69, 9.17) is 23.1 Å². The summed E-state index contributed by atoms with van der Waals surface area (Å²) in [6.07, 6.45) is -5.17. The standard InChI is InChI=1S/C9H9ClF5N5O.ClH/c1-2-20-5(8(10,11)12)3(6(21)18-7(16)17)4(19-20)9(13,14)15;/h2H2,1H3,(H4,16,17,18,21);1H. The maximum absolute atomic E-state index is 13.3. The van der Waals surface area contributed by atoms with Gasteiger partial charge in [-0.15, -0.1) is 12.4 Å². The molecule has 0 bridgehead atoms. The monoisotopic (exact) mass is 369 g/mol. The Hall–Kier alpha value is -1.62. The third kappa shape index (κ3) is 4.19. The van der Waals surface area contributed by atoms with Crippen molar-refractivity contribution in [3.05, 3.63) is 17.0 Å². The largest absolute Gasteiger partial charge is 0.435 e. The summed E-state index contributed by atoms with van der Waals surface area (Å²) in [6, 6.07) is 0. The zero-order chi connectivity index (χ0) is 16.6. The first-order valence-corrected chi connectivity index (χ1v) is 5.66. The van der Waals surface area contributed by atoms with Crippen LogP contribution in [0.1, 0.15) is 28.7 Å². The summed E-state index contributed by atoms with van der Waals surface area (Å²) in [4.78, 5) is 14.5. The molecule has 0 fully saturated rings. The number of amides is 1. The maximum Gasteiger partial charge on any atom is 0.435 e. The highest BCUT2D eigenvalue weighted by Crippen LogP contribution is 2.40. The molecule has 1 amide bonds. The van der Waals surface area contributed by atoms with Crippen LogP contribution in [0, 0.1) is 0 Å². The van der Waals surface area contributed by atoms with E-state index in [0.717, 1.165) is 0 Å². The first-order chi connectivity index (χ1) is 9.39. The molecule has 0 aliphatic rings. The zero-order valence-electron chi connectivity index (χ0n) is 10.8. The van der Waals surface area contributed by atoms with Crippen LogP contribution < -0.4 is 11.5 Å². The summed E-state index contributed by atoms with van der Waals surface area (Å²) in [5.74, 6) is -2.60. The van der Waals surface area contributed by atoms with Gasteiger partial charge in [-0.05, 0) is 18.5 Å². The normalized spacial score (nSPS) is 11.8. The number of halogens is 7. The Bertz CT molecular complexity index is 588. The molecule has 0 radical (unpaired) electrons. The summed E-state index contributed by atoms with van der Waals surface area (Å²) < 4.78 is 65.5. The van der Waals surface area contributed by atoms with Gasteiger partial charge < -0.3 is 11.5 Å². The van der Waals surface area contributed by atoms with Crippen LogP contribution in [0.15, 0.2) is 4.99 Å². The SMILES string of the molecule is CCn1nc(C(F)(F)F)c(C(=O)N=C(N)N)c1C(F)(F)Cl.Cl. The number of guanidine groups is 1. The lowest BCUT2D eigenvalue weighted by atomic mass is 10.1. The molecule has 0 saturated heterocycles. The third-order valence-electron chi connectivity index (χ3n) is 2.23. The maximum atomic E-state index is 13.3. The fraction of sp³-hybridized carbons (Fsp3) is 0.444. The molecule has 4 N–H and O–H groups in total. The predicted octanol–water partition coefficient (Wildman–Crippen LogP) is 2.05. The number of aliphatic imine (C=N–C) groups is 1. The van der Waals surface area contributed by atoms with E-state index in [2.05, 4.69) is 10.1 Å². The van der Waals surface area contributed by atoms with Crippen molar-refractivity contribution < 1.29 is 26.7 Å². The summed E-state index contributed by atoms with van der Waals surface area (Å²) in [5, 5.41) is -1.32. The molecule has 0 atom stereocenters. The number of aryl methyl sites for hydroxylation is 1. The molecule has 1 heterocycles. The van der Waals surface area contributed by atoms with E-state index in [9.17, 15) is 26.7 Å². The van der Waals surface area contributed by atoms with Crippen molar-refractivity contribution in [1.82, 2.24) is 9.78 Å². The van der Waals surface area contributed by atoms with Crippen LogP contribution in [0.5, 0.6) is 0 Å². The van der Waals surface area contributed by atoms with Crippen LogP contribution in [0.2, 0.25) is 0 Å². The molecule has 0 unspecified atom stereocenters. The Morgan fingerprint density at radius 3 is 2.14 bits per heavy atom. The Kier molecular flexibility index (Phi) is 6.16. The van der Waals surface area contributed by atoms with Gasteiger partial charge in [0.15, 0.2) is 11.7 Å². The summed E-state index contributed by atoms with van der Waals surface area (Å²) in [5.41, 5.74) is 4.98. The molecule has 126 valence electrons. The number of nitrogens with zero attached hydrogens (tertiary/aromatic N) is 3. The number of hydrogen-bond acceptors (Lipinski definition) is 2. The molecular formula is C9H10Cl2F5N5O. The molecule has 6 nitrogen and oxygen atoms in total. The van der Waals surface area contributed by atoms with E-state index in [0.29, 0.717) is 0 Å². The topological polar surface area (TPSA) is 99.3 Å². The molecule has 13 heteroatoms. The van der Waals surface area contributed by atoms with Crippen LogP contribution in [0.3, 0.4) is 0 Å². The van der Waals surface area contributed by atoms with Crippen molar-refractivity contribution in [1.29, 1.82) is 0 Å². The van der Waals surface area contributed by atoms with E-state index >= 15 is 0 Å². The number of alkyl halides is 6. The molecule has 1 aromatic rings. The van der Waals surface area contributed by atoms with Crippen LogP contribution in [0.25, 0.3) is 0 Å². The van der Waals surface area contributed by atoms with E-state index in [1.807, 2.05) is 0 Å². The van der Waals surface area contributed by atoms with Crippen molar-refractivity contribution in [2.45, 2.75) is 25.0 Å². The van der Waals surface area contributed by atoms with E-state index in [1.54, 1.807) is 0 Å². The molecule has 0 aromatic carbocycles. The number of rotatable bonds is 3. The lowest BCUT2D eigenvalue weighted by molar-refractivity contribution is -0.141. The Morgan fingerprint density at radius 2 is 1.82 bits per heavy atom. The molecule has 1 aromatic heterocycles. The Balaban J connectivity index is 0.00000441. The van der Waals surface area contributed by atoms with Crippen molar-refractivity contribution in [2.75, 3.05) is 0 Å². The van der Waals surface area contributed by atoms with Crippen LogP contribution in [-0.2, 0) is 18.1 Å². The highest BCUT2D eigenvalue weighted by molar-refractivity contribution is 6.22. The highest BCUT2D eigenvalue weighted by Gasteiger charge is 2.47. The average molecular weight is 370 g/mol. The second kappa shape index (κ2) is 6.65. The van der Waals surface area contributed by atoms with Gasteiger partial charge in [0.25, 0.3) is 5.91 Å². The molecule has 0 aliphatic carbocycles. The predicted molar refractivity (Wildman–Crippen MR) is 70.0 cm³/mol. The minimum Gasteiger partial charge on any atom is -0.370 e. The summed E-state index contributed by atoms with van der Waals surface area (Å²) >= 11 is 4.77. The highest BCUT2D eigenvalue weighted by atomic mass is 35.5. The van der Waals surface area contributed by atoms with Crippen LogP contribution in [0.4, 0.5) is 22.0 Å². The van der Waals surface area contributed by atoms with Crippen LogP contribution in [-0.4, -0.2) is 21.6 Å². The Morgan fingerprint density at radius 1 is 1.32 bits per heavy atom. The van der Waals surface area contributed by atoms with Crippen molar-refractivity contribution in [3.8, 4) is 0 Å². The zero-order valence-corrected chi connectivity index (χ0v) is 12.4. The minimum absolute atomic E-state index is 0. The lowest BCUT2D eigenvalue weighted by Crippen LogP contribution is -2.25. The second-order valence-corrected chi connectivity index (χ2v) is 4.20. The molecular weight excluding hydrogens is 360 g/mol. The van der Waals surface area contributed by atoms with Gasteiger partial charge in [0.2, 0.25) is 0 Å².